The lowest BCUT2D eigenvalue weighted by atomic mass is 10.1. The molecule has 0 fully saturated rings. The summed E-state index contributed by atoms with van der Waals surface area (Å²) in [7, 11) is 1.63. The van der Waals surface area contributed by atoms with Crippen molar-refractivity contribution >= 4 is 17.5 Å². The molecule has 2 aromatic carbocycles. The number of halogens is 1. The molecule has 3 rings (SSSR count). The Hall–Kier alpha value is -2.95. The fourth-order valence-corrected chi connectivity index (χ4v) is 2.76. The highest BCUT2D eigenvalue weighted by atomic mass is 19.1. The van der Waals surface area contributed by atoms with Gasteiger partial charge in [-0.3, -0.25) is 14.5 Å². The molecule has 0 spiro atoms. The smallest absolute Gasteiger partial charge is 0.259 e. The Morgan fingerprint density at radius 1 is 1.17 bits per heavy atom. The molecule has 0 saturated carbocycles. The average Bonchev–Trinajstić information content (AvgIpc) is 2.80. The van der Waals surface area contributed by atoms with Gasteiger partial charge in [-0.1, -0.05) is 36.9 Å². The Bertz CT molecular complexity index is 797. The maximum atomic E-state index is 13.2. The molecule has 0 aliphatic carbocycles. The molecule has 0 bridgehead atoms. The minimum absolute atomic E-state index is 0.0852. The minimum Gasteiger partial charge on any atom is -0.340 e. The van der Waals surface area contributed by atoms with Crippen molar-refractivity contribution in [1.29, 1.82) is 0 Å². The first-order valence-electron chi connectivity index (χ1n) is 7.56. The number of rotatable bonds is 4. The van der Waals surface area contributed by atoms with Crippen LogP contribution in [0.2, 0.25) is 0 Å². The first kappa shape index (κ1) is 15.9. The molecule has 0 atom stereocenters. The number of hydrogen-bond donors (Lipinski definition) is 0. The van der Waals surface area contributed by atoms with Gasteiger partial charge in [0.15, 0.2) is 0 Å². The molecule has 1 aliphatic heterocycles. The molecule has 1 heterocycles. The monoisotopic (exact) mass is 324 g/mol. The largest absolute Gasteiger partial charge is 0.340 e. The van der Waals surface area contributed by atoms with Crippen LogP contribution < -0.4 is 0 Å². The second-order valence-corrected chi connectivity index (χ2v) is 5.76. The molecule has 2 amide bonds. The van der Waals surface area contributed by atoms with E-state index >= 15 is 0 Å². The van der Waals surface area contributed by atoms with Crippen LogP contribution in [0.25, 0.3) is 5.70 Å². The summed E-state index contributed by atoms with van der Waals surface area (Å²) in [6.45, 7) is 4.11. The molecule has 0 aromatic heterocycles. The number of carbonyl (C=O) groups is 2. The van der Waals surface area contributed by atoms with Gasteiger partial charge >= 0.3 is 0 Å². The van der Waals surface area contributed by atoms with E-state index in [0.29, 0.717) is 16.8 Å². The first-order chi connectivity index (χ1) is 11.5. The van der Waals surface area contributed by atoms with Crippen LogP contribution in [-0.2, 0) is 11.3 Å². The van der Waals surface area contributed by atoms with Gasteiger partial charge in [0.05, 0.1) is 0 Å². The summed E-state index contributed by atoms with van der Waals surface area (Å²) in [4.78, 5) is 27.7. The lowest BCUT2D eigenvalue weighted by molar-refractivity contribution is -0.130. The van der Waals surface area contributed by atoms with Crippen molar-refractivity contribution in [3.63, 3.8) is 0 Å². The molecular weight excluding hydrogens is 307 g/mol. The van der Waals surface area contributed by atoms with Crippen molar-refractivity contribution in [2.75, 3.05) is 13.6 Å². The molecule has 0 saturated heterocycles. The van der Waals surface area contributed by atoms with Gasteiger partial charge in [0.1, 0.15) is 12.4 Å². The first-order valence-corrected chi connectivity index (χ1v) is 7.56. The molecule has 0 unspecified atom stereocenters. The molecule has 5 heteroatoms. The SMILES string of the molecule is C=C1c2ccccc2C(=O)N1CC(=O)N(C)Cc1cccc(F)c1. The summed E-state index contributed by atoms with van der Waals surface area (Å²) in [5, 5.41) is 0. The number of amides is 2. The number of nitrogens with zero attached hydrogens (tertiary/aromatic N) is 2. The van der Waals surface area contributed by atoms with Crippen LogP contribution in [0, 0.1) is 5.82 Å². The Kier molecular flexibility index (Phi) is 4.16. The maximum Gasteiger partial charge on any atom is 0.259 e. The number of likely N-dealkylation sites (N-methyl/N-ethyl adjacent to an activating group) is 1. The normalized spacial score (nSPS) is 13.2. The zero-order valence-electron chi connectivity index (χ0n) is 13.3. The lowest BCUT2D eigenvalue weighted by Crippen LogP contribution is -2.37. The van der Waals surface area contributed by atoms with Crippen LogP contribution in [0.5, 0.6) is 0 Å². The van der Waals surface area contributed by atoms with Gasteiger partial charge in [-0.05, 0) is 23.8 Å². The van der Waals surface area contributed by atoms with E-state index in [1.54, 1.807) is 31.3 Å². The van der Waals surface area contributed by atoms with Crippen molar-refractivity contribution in [3.8, 4) is 0 Å². The van der Waals surface area contributed by atoms with Crippen LogP contribution in [-0.4, -0.2) is 35.2 Å². The fraction of sp³-hybridized carbons (Fsp3) is 0.158. The van der Waals surface area contributed by atoms with Gasteiger partial charge in [0.25, 0.3) is 5.91 Å². The van der Waals surface area contributed by atoms with Crippen LogP contribution in [0.15, 0.2) is 55.1 Å². The standard InChI is InChI=1S/C19H17FN2O2/c1-13-16-8-3-4-9-17(16)19(24)22(13)12-18(23)21(2)11-14-6-5-7-15(20)10-14/h3-10H,1,11-12H2,2H3. The predicted molar refractivity (Wildman–Crippen MR) is 89.4 cm³/mol. The highest BCUT2D eigenvalue weighted by molar-refractivity contribution is 6.10. The number of benzene rings is 2. The number of carbonyl (C=O) groups excluding carboxylic acids is 2. The molecule has 2 aromatic rings. The molecule has 1 aliphatic rings. The highest BCUT2D eigenvalue weighted by Crippen LogP contribution is 2.30. The third-order valence-electron chi connectivity index (χ3n) is 4.07. The summed E-state index contributed by atoms with van der Waals surface area (Å²) < 4.78 is 13.2. The maximum absolute atomic E-state index is 13.2. The molecule has 122 valence electrons. The zero-order chi connectivity index (χ0) is 17.3. The molecule has 24 heavy (non-hydrogen) atoms. The summed E-state index contributed by atoms with van der Waals surface area (Å²) in [6, 6.07) is 13.3. The van der Waals surface area contributed by atoms with E-state index in [9.17, 15) is 14.0 Å². The van der Waals surface area contributed by atoms with Crippen molar-refractivity contribution in [1.82, 2.24) is 9.80 Å². The summed E-state index contributed by atoms with van der Waals surface area (Å²) in [5.41, 5.74) is 2.54. The Balaban J connectivity index is 1.69. The fourth-order valence-electron chi connectivity index (χ4n) is 2.76. The van der Waals surface area contributed by atoms with Gasteiger partial charge in [0, 0.05) is 30.4 Å². The van der Waals surface area contributed by atoms with E-state index in [1.165, 1.54) is 21.9 Å². The quantitative estimate of drug-likeness (QED) is 0.868. The average molecular weight is 324 g/mol. The van der Waals surface area contributed by atoms with Crippen molar-refractivity contribution < 1.29 is 14.0 Å². The van der Waals surface area contributed by atoms with Crippen LogP contribution in [0.4, 0.5) is 4.39 Å². The Labute approximate surface area is 139 Å². The predicted octanol–water partition coefficient (Wildman–Crippen LogP) is 2.91. The molecular formula is C19H17FN2O2. The van der Waals surface area contributed by atoms with Crippen molar-refractivity contribution in [3.05, 3.63) is 77.6 Å². The lowest BCUT2D eigenvalue weighted by Gasteiger charge is -2.22. The second-order valence-electron chi connectivity index (χ2n) is 5.76. The van der Waals surface area contributed by atoms with Gasteiger partial charge < -0.3 is 4.90 Å². The van der Waals surface area contributed by atoms with Crippen molar-refractivity contribution in [2.24, 2.45) is 0 Å². The Morgan fingerprint density at radius 2 is 1.88 bits per heavy atom. The van der Waals surface area contributed by atoms with Gasteiger partial charge in [-0.15, -0.1) is 0 Å². The van der Waals surface area contributed by atoms with Crippen molar-refractivity contribution in [2.45, 2.75) is 6.54 Å². The van der Waals surface area contributed by atoms with Gasteiger partial charge in [-0.2, -0.15) is 0 Å². The second kappa shape index (κ2) is 6.28. The van der Waals surface area contributed by atoms with Crippen LogP contribution >= 0.6 is 0 Å². The van der Waals surface area contributed by atoms with Gasteiger partial charge in [-0.25, -0.2) is 4.39 Å². The summed E-state index contributed by atoms with van der Waals surface area (Å²) in [5.74, 6) is -0.795. The molecule has 0 N–H and O–H groups in total. The summed E-state index contributed by atoms with van der Waals surface area (Å²) >= 11 is 0. The third kappa shape index (κ3) is 2.93. The zero-order valence-corrected chi connectivity index (χ0v) is 13.3. The highest BCUT2D eigenvalue weighted by Gasteiger charge is 2.32. The van der Waals surface area contributed by atoms with E-state index in [4.69, 9.17) is 0 Å². The van der Waals surface area contributed by atoms with Gasteiger partial charge in [0.2, 0.25) is 5.91 Å². The van der Waals surface area contributed by atoms with E-state index in [0.717, 1.165) is 5.56 Å². The summed E-state index contributed by atoms with van der Waals surface area (Å²) in [6.07, 6.45) is 0. The topological polar surface area (TPSA) is 40.6 Å². The van der Waals surface area contributed by atoms with Crippen LogP contribution in [0.1, 0.15) is 21.5 Å². The minimum atomic E-state index is -0.341. The van der Waals surface area contributed by atoms with E-state index in [2.05, 4.69) is 6.58 Å². The van der Waals surface area contributed by atoms with Crippen LogP contribution in [0.3, 0.4) is 0 Å². The van der Waals surface area contributed by atoms with E-state index < -0.39 is 0 Å². The Morgan fingerprint density at radius 3 is 2.54 bits per heavy atom. The molecule has 0 radical (unpaired) electrons. The third-order valence-corrected chi connectivity index (χ3v) is 4.07. The van der Waals surface area contributed by atoms with E-state index in [1.807, 2.05) is 12.1 Å². The van der Waals surface area contributed by atoms with E-state index in [-0.39, 0.29) is 30.7 Å². The number of hydrogen-bond acceptors (Lipinski definition) is 2. The molecule has 4 nitrogen and oxygen atoms in total. The number of fused-ring (bicyclic) bond motifs is 1.